The van der Waals surface area contributed by atoms with E-state index in [0.29, 0.717) is 11.0 Å². The van der Waals surface area contributed by atoms with Gasteiger partial charge in [0.15, 0.2) is 0 Å². The third-order valence-electron chi connectivity index (χ3n) is 2.38. The predicted octanol–water partition coefficient (Wildman–Crippen LogP) is 3.67. The molecule has 2 rings (SSSR count). The van der Waals surface area contributed by atoms with E-state index in [2.05, 4.69) is 4.98 Å². The molecular formula is C12H7F4NO2S2. The molecule has 0 radical (unpaired) electrons. The largest absolute Gasteiger partial charge is 0.501 e. The van der Waals surface area contributed by atoms with Crippen LogP contribution in [0.3, 0.4) is 0 Å². The Balaban J connectivity index is 2.54. The summed E-state index contributed by atoms with van der Waals surface area (Å²) >= 11 is 0.780. The number of hydrogen-bond acceptors (Lipinski definition) is 4. The van der Waals surface area contributed by atoms with E-state index in [1.165, 1.54) is 24.5 Å². The summed E-state index contributed by atoms with van der Waals surface area (Å²) in [5.41, 5.74) is -5.49. The van der Waals surface area contributed by atoms with Gasteiger partial charge in [0.25, 0.3) is 9.84 Å². The van der Waals surface area contributed by atoms with E-state index in [0.717, 1.165) is 23.9 Å². The summed E-state index contributed by atoms with van der Waals surface area (Å²) < 4.78 is 74.1. The minimum absolute atomic E-state index is 0.208. The molecule has 0 fully saturated rings. The van der Waals surface area contributed by atoms with Gasteiger partial charge in [-0.05, 0) is 30.3 Å². The highest BCUT2D eigenvalue weighted by molar-refractivity contribution is 8.00. The lowest BCUT2D eigenvalue weighted by Crippen LogP contribution is -2.24. The number of benzene rings is 1. The lowest BCUT2D eigenvalue weighted by atomic mass is 10.3. The van der Waals surface area contributed by atoms with E-state index >= 15 is 0 Å². The van der Waals surface area contributed by atoms with Crippen LogP contribution in [0.15, 0.2) is 57.4 Å². The average Bonchev–Trinajstić information content (AvgIpc) is 2.40. The molecule has 0 unspecified atom stereocenters. The standard InChI is InChI=1S/C12H7F4NO2S2/c13-8-1-2-10(20-9-3-5-17-6-4-9)11(7-8)21(18,19)12(14,15)16/h1-7H. The molecule has 0 aliphatic carbocycles. The van der Waals surface area contributed by atoms with E-state index in [1.54, 1.807) is 0 Å². The zero-order chi connectivity index (χ0) is 15.7. The molecule has 0 spiro atoms. The average molecular weight is 337 g/mol. The summed E-state index contributed by atoms with van der Waals surface area (Å²) in [6, 6.07) is 5.26. The lowest BCUT2D eigenvalue weighted by Gasteiger charge is -2.12. The highest BCUT2D eigenvalue weighted by atomic mass is 32.2. The van der Waals surface area contributed by atoms with E-state index in [-0.39, 0.29) is 4.90 Å². The molecule has 0 atom stereocenters. The molecule has 1 aromatic carbocycles. The first-order valence-corrected chi connectivity index (χ1v) is 7.70. The molecule has 9 heteroatoms. The van der Waals surface area contributed by atoms with Crippen molar-refractivity contribution in [3.05, 3.63) is 48.5 Å². The molecule has 1 aromatic heterocycles. The molecule has 1 heterocycles. The summed E-state index contributed by atoms with van der Waals surface area (Å²) in [5.74, 6) is -1.06. The second kappa shape index (κ2) is 5.64. The Kier molecular flexibility index (Phi) is 4.24. The van der Waals surface area contributed by atoms with Gasteiger partial charge in [0.05, 0.1) is 4.90 Å². The van der Waals surface area contributed by atoms with Crippen molar-refractivity contribution in [2.24, 2.45) is 0 Å². The fraction of sp³-hybridized carbons (Fsp3) is 0.0833. The van der Waals surface area contributed by atoms with Crippen LogP contribution in [0.2, 0.25) is 0 Å². The summed E-state index contributed by atoms with van der Waals surface area (Å²) in [5, 5.41) is 0. The van der Waals surface area contributed by atoms with Gasteiger partial charge in [0.2, 0.25) is 0 Å². The molecule has 0 saturated carbocycles. The molecule has 21 heavy (non-hydrogen) atoms. The zero-order valence-corrected chi connectivity index (χ0v) is 11.8. The first kappa shape index (κ1) is 15.8. The molecule has 0 amide bonds. The van der Waals surface area contributed by atoms with Crippen molar-refractivity contribution in [1.82, 2.24) is 4.98 Å². The van der Waals surface area contributed by atoms with Gasteiger partial charge in [-0.15, -0.1) is 0 Å². The maximum Gasteiger partial charge on any atom is 0.501 e. The fourth-order valence-electron chi connectivity index (χ4n) is 1.43. The van der Waals surface area contributed by atoms with Crippen molar-refractivity contribution in [3.8, 4) is 0 Å². The van der Waals surface area contributed by atoms with Crippen LogP contribution in [0, 0.1) is 5.82 Å². The summed E-state index contributed by atoms with van der Waals surface area (Å²) in [6.45, 7) is 0. The van der Waals surface area contributed by atoms with E-state index in [9.17, 15) is 26.0 Å². The van der Waals surface area contributed by atoms with E-state index in [4.69, 9.17) is 0 Å². The first-order chi connectivity index (χ1) is 9.72. The summed E-state index contributed by atoms with van der Waals surface area (Å²) in [7, 11) is -5.63. The number of halogens is 4. The Morgan fingerprint density at radius 3 is 2.24 bits per heavy atom. The van der Waals surface area contributed by atoms with Crippen LogP contribution >= 0.6 is 11.8 Å². The number of hydrogen-bond donors (Lipinski definition) is 0. The highest BCUT2D eigenvalue weighted by Gasteiger charge is 2.48. The molecule has 0 bridgehead atoms. The number of aromatic nitrogens is 1. The van der Waals surface area contributed by atoms with Crippen LogP contribution in [0.5, 0.6) is 0 Å². The van der Waals surface area contributed by atoms with E-state index < -0.39 is 26.1 Å². The molecule has 3 nitrogen and oxygen atoms in total. The predicted molar refractivity (Wildman–Crippen MR) is 68.0 cm³/mol. The SMILES string of the molecule is O=S(=O)(c1cc(F)ccc1Sc1ccncc1)C(F)(F)F. The van der Waals surface area contributed by atoms with Crippen molar-refractivity contribution in [2.75, 3.05) is 0 Å². The lowest BCUT2D eigenvalue weighted by molar-refractivity contribution is -0.0437. The number of nitrogens with zero attached hydrogens (tertiary/aromatic N) is 1. The van der Waals surface area contributed by atoms with Crippen molar-refractivity contribution in [3.63, 3.8) is 0 Å². The molecule has 112 valence electrons. The Morgan fingerprint density at radius 1 is 1.05 bits per heavy atom. The Morgan fingerprint density at radius 2 is 1.67 bits per heavy atom. The number of pyridine rings is 1. The van der Waals surface area contributed by atoms with Crippen molar-refractivity contribution in [2.45, 2.75) is 20.2 Å². The molecule has 2 aromatic rings. The minimum atomic E-state index is -5.63. The molecular weight excluding hydrogens is 330 g/mol. The first-order valence-electron chi connectivity index (χ1n) is 5.40. The van der Waals surface area contributed by atoms with Gasteiger partial charge in [-0.1, -0.05) is 11.8 Å². The topological polar surface area (TPSA) is 47.0 Å². The summed E-state index contributed by atoms with van der Waals surface area (Å²) in [4.78, 5) is 2.91. The van der Waals surface area contributed by atoms with Crippen molar-refractivity contribution < 1.29 is 26.0 Å². The van der Waals surface area contributed by atoms with Gasteiger partial charge >= 0.3 is 5.51 Å². The molecule has 0 N–H and O–H groups in total. The maximum absolute atomic E-state index is 13.2. The van der Waals surface area contributed by atoms with E-state index in [1.807, 2.05) is 0 Å². The van der Waals surface area contributed by atoms with Gasteiger partial charge < -0.3 is 0 Å². The van der Waals surface area contributed by atoms with Gasteiger partial charge in [-0.25, -0.2) is 12.8 Å². The molecule has 0 aliphatic rings. The number of sulfone groups is 1. The maximum atomic E-state index is 13.2. The third-order valence-corrected chi connectivity index (χ3v) is 5.12. The smallest absolute Gasteiger partial charge is 0.265 e. The number of alkyl halides is 3. The number of rotatable bonds is 3. The minimum Gasteiger partial charge on any atom is -0.265 e. The van der Waals surface area contributed by atoms with Crippen LogP contribution in [-0.4, -0.2) is 18.9 Å². The van der Waals surface area contributed by atoms with Crippen LogP contribution in [0.25, 0.3) is 0 Å². The quantitative estimate of drug-likeness (QED) is 0.802. The van der Waals surface area contributed by atoms with Crippen molar-refractivity contribution in [1.29, 1.82) is 0 Å². The normalized spacial score (nSPS) is 12.4. The van der Waals surface area contributed by atoms with Crippen molar-refractivity contribution >= 4 is 21.6 Å². The monoisotopic (exact) mass is 337 g/mol. The summed E-state index contributed by atoms with van der Waals surface area (Å²) in [6.07, 6.45) is 2.81. The molecule has 0 saturated heterocycles. The van der Waals surface area contributed by atoms with Gasteiger partial charge in [0.1, 0.15) is 5.82 Å². The third kappa shape index (κ3) is 3.35. The second-order valence-corrected chi connectivity index (χ2v) is 6.85. The fourth-order valence-corrected chi connectivity index (χ4v) is 3.55. The van der Waals surface area contributed by atoms with Crippen LogP contribution in [0.4, 0.5) is 17.6 Å². The highest BCUT2D eigenvalue weighted by Crippen LogP contribution is 2.38. The zero-order valence-electron chi connectivity index (χ0n) is 10.1. The van der Waals surface area contributed by atoms with Crippen LogP contribution in [0.1, 0.15) is 0 Å². The second-order valence-electron chi connectivity index (χ2n) is 3.83. The molecule has 0 aliphatic heterocycles. The van der Waals surface area contributed by atoms with Gasteiger partial charge in [0, 0.05) is 22.2 Å². The van der Waals surface area contributed by atoms with Gasteiger partial charge in [-0.3, -0.25) is 4.98 Å². The Labute approximate surface area is 121 Å². The van der Waals surface area contributed by atoms with Gasteiger partial charge in [-0.2, -0.15) is 13.2 Å². The Hall–Kier alpha value is -1.61. The van der Waals surface area contributed by atoms with Crippen LogP contribution in [-0.2, 0) is 9.84 Å². The Bertz CT molecular complexity index is 746. The van der Waals surface area contributed by atoms with Crippen LogP contribution < -0.4 is 0 Å².